The first-order valence-corrected chi connectivity index (χ1v) is 8.85. The smallest absolute Gasteiger partial charge is 0.317 e. The average Bonchev–Trinajstić information content (AvgIpc) is 3.23. The topological polar surface area (TPSA) is 54.3 Å². The molecule has 3 amide bonds. The van der Waals surface area contributed by atoms with Gasteiger partial charge < -0.3 is 9.88 Å². The van der Waals surface area contributed by atoms with Gasteiger partial charge in [-0.2, -0.15) is 0 Å². The summed E-state index contributed by atoms with van der Waals surface area (Å²) in [6.45, 7) is 2.17. The van der Waals surface area contributed by atoms with Gasteiger partial charge in [0.2, 0.25) is 0 Å². The molecule has 140 valence electrons. The molecule has 0 atom stereocenters. The van der Waals surface area contributed by atoms with Crippen molar-refractivity contribution in [3.05, 3.63) is 95.2 Å². The Morgan fingerprint density at radius 3 is 2.57 bits per heavy atom. The number of nitrogens with zero attached hydrogens (tertiary/aromatic N) is 2. The molecule has 1 aliphatic heterocycles. The second-order valence-corrected chi connectivity index (χ2v) is 6.65. The summed E-state index contributed by atoms with van der Waals surface area (Å²) < 4.78 is 15.0. The van der Waals surface area contributed by atoms with Crippen LogP contribution >= 0.6 is 0 Å². The van der Waals surface area contributed by atoms with Crippen molar-refractivity contribution in [1.29, 1.82) is 0 Å². The van der Waals surface area contributed by atoms with Gasteiger partial charge in [0, 0.05) is 17.6 Å². The Hall–Kier alpha value is -3.67. The maximum absolute atomic E-state index is 13.2. The maximum Gasteiger partial charge on any atom is 0.329 e. The number of halogens is 1. The summed E-state index contributed by atoms with van der Waals surface area (Å²) in [7, 11) is 0. The normalized spacial score (nSPS) is 15.4. The van der Waals surface area contributed by atoms with Gasteiger partial charge in [-0.15, -0.1) is 0 Å². The lowest BCUT2D eigenvalue weighted by Gasteiger charge is -2.12. The molecule has 1 aliphatic rings. The van der Waals surface area contributed by atoms with Crippen molar-refractivity contribution in [2.24, 2.45) is 0 Å². The fourth-order valence-electron chi connectivity index (χ4n) is 3.20. The quantitative estimate of drug-likeness (QED) is 0.553. The van der Waals surface area contributed by atoms with Crippen molar-refractivity contribution >= 4 is 18.0 Å². The van der Waals surface area contributed by atoms with E-state index in [4.69, 9.17) is 0 Å². The number of aromatic nitrogens is 1. The monoisotopic (exact) mass is 375 g/mol. The highest BCUT2D eigenvalue weighted by Gasteiger charge is 2.33. The summed E-state index contributed by atoms with van der Waals surface area (Å²) in [5.41, 5.74) is 3.62. The minimum absolute atomic E-state index is 0.208. The lowest BCUT2D eigenvalue weighted by molar-refractivity contribution is -0.123. The first-order chi connectivity index (χ1) is 13.5. The second-order valence-electron chi connectivity index (χ2n) is 6.65. The van der Waals surface area contributed by atoms with Gasteiger partial charge in [-0.3, -0.25) is 9.69 Å². The third-order valence-corrected chi connectivity index (χ3v) is 4.56. The molecule has 0 bridgehead atoms. The zero-order valence-electron chi connectivity index (χ0n) is 15.2. The number of nitrogens with one attached hydrogen (secondary N) is 1. The molecule has 1 fully saturated rings. The van der Waals surface area contributed by atoms with E-state index in [2.05, 4.69) is 5.32 Å². The SMILES string of the molecule is Cc1cccc(CN2C(=O)N/C(=C/c3cccn3-c3ccc(F)cc3)C2=O)c1. The molecule has 0 aliphatic carbocycles. The molecule has 0 saturated carbocycles. The minimum atomic E-state index is -0.447. The standard InChI is InChI=1S/C22H18FN3O2/c1-15-4-2-5-16(12-15)14-26-21(27)20(24-22(26)28)13-19-6-3-11-25(19)18-9-7-17(23)8-10-18/h2-13H,14H2,1H3,(H,24,28)/b20-13+. The van der Waals surface area contributed by atoms with Crippen molar-refractivity contribution in [2.45, 2.75) is 13.5 Å². The van der Waals surface area contributed by atoms with Crippen LogP contribution in [0.1, 0.15) is 16.8 Å². The van der Waals surface area contributed by atoms with Crippen molar-refractivity contribution in [3.63, 3.8) is 0 Å². The molecular weight excluding hydrogens is 357 g/mol. The van der Waals surface area contributed by atoms with E-state index in [-0.39, 0.29) is 24.0 Å². The van der Waals surface area contributed by atoms with Crippen LogP contribution in [0, 0.1) is 12.7 Å². The number of carbonyl (C=O) groups is 2. The van der Waals surface area contributed by atoms with Crippen LogP contribution in [0.3, 0.4) is 0 Å². The number of urea groups is 1. The summed E-state index contributed by atoms with van der Waals surface area (Å²) in [6.07, 6.45) is 3.44. The molecule has 28 heavy (non-hydrogen) atoms. The third kappa shape index (κ3) is 3.44. The molecule has 1 saturated heterocycles. The van der Waals surface area contributed by atoms with Crippen molar-refractivity contribution in [3.8, 4) is 5.69 Å². The predicted octanol–water partition coefficient (Wildman–Crippen LogP) is 4.02. The molecule has 1 aromatic heterocycles. The van der Waals surface area contributed by atoms with Gasteiger partial charge in [0.1, 0.15) is 11.5 Å². The van der Waals surface area contributed by atoms with E-state index < -0.39 is 6.03 Å². The highest BCUT2D eigenvalue weighted by Crippen LogP contribution is 2.20. The van der Waals surface area contributed by atoms with Crippen LogP contribution in [-0.4, -0.2) is 21.4 Å². The fourth-order valence-corrected chi connectivity index (χ4v) is 3.20. The summed E-state index contributed by atoms with van der Waals surface area (Å²) in [5.74, 6) is -0.695. The van der Waals surface area contributed by atoms with Crippen LogP contribution in [0.25, 0.3) is 11.8 Å². The summed E-state index contributed by atoms with van der Waals surface area (Å²) in [5, 5.41) is 2.64. The molecule has 2 heterocycles. The number of benzene rings is 2. The highest BCUT2D eigenvalue weighted by molar-refractivity contribution is 6.13. The van der Waals surface area contributed by atoms with Gasteiger partial charge in [-0.05, 0) is 55.0 Å². The van der Waals surface area contributed by atoms with Crippen LogP contribution in [-0.2, 0) is 11.3 Å². The van der Waals surface area contributed by atoms with E-state index in [1.54, 1.807) is 18.2 Å². The number of aryl methyl sites for hydroxylation is 1. The van der Waals surface area contributed by atoms with E-state index in [1.807, 2.05) is 54.1 Å². The number of amides is 3. The number of hydrogen-bond acceptors (Lipinski definition) is 2. The lowest BCUT2D eigenvalue weighted by Crippen LogP contribution is -2.30. The van der Waals surface area contributed by atoms with Crippen LogP contribution in [0.5, 0.6) is 0 Å². The van der Waals surface area contributed by atoms with Crippen LogP contribution in [0.15, 0.2) is 72.6 Å². The van der Waals surface area contributed by atoms with Crippen LogP contribution < -0.4 is 5.32 Å². The van der Waals surface area contributed by atoms with Gasteiger partial charge in [-0.1, -0.05) is 29.8 Å². The maximum atomic E-state index is 13.2. The molecule has 0 radical (unpaired) electrons. The third-order valence-electron chi connectivity index (χ3n) is 4.56. The van der Waals surface area contributed by atoms with E-state index in [1.165, 1.54) is 17.0 Å². The van der Waals surface area contributed by atoms with Crippen molar-refractivity contribution in [2.75, 3.05) is 0 Å². The van der Waals surface area contributed by atoms with Crippen molar-refractivity contribution < 1.29 is 14.0 Å². The van der Waals surface area contributed by atoms with E-state index in [0.717, 1.165) is 16.8 Å². The molecule has 6 heteroatoms. The number of rotatable bonds is 4. The first kappa shape index (κ1) is 17.7. The first-order valence-electron chi connectivity index (χ1n) is 8.85. The van der Waals surface area contributed by atoms with Gasteiger partial charge in [0.05, 0.1) is 6.54 Å². The molecule has 0 spiro atoms. The van der Waals surface area contributed by atoms with Crippen LogP contribution in [0.4, 0.5) is 9.18 Å². The minimum Gasteiger partial charge on any atom is -0.317 e. The number of hydrogen-bond donors (Lipinski definition) is 1. The Morgan fingerprint density at radius 1 is 1.04 bits per heavy atom. The molecule has 4 rings (SSSR count). The number of imide groups is 1. The molecule has 3 aromatic rings. The van der Waals surface area contributed by atoms with Gasteiger partial charge >= 0.3 is 6.03 Å². The summed E-state index contributed by atoms with van der Waals surface area (Å²) in [4.78, 5) is 26.2. The molecule has 5 nitrogen and oxygen atoms in total. The van der Waals surface area contributed by atoms with E-state index in [0.29, 0.717) is 5.69 Å². The Kier molecular flexibility index (Phi) is 4.53. The molecule has 0 unspecified atom stereocenters. The van der Waals surface area contributed by atoms with Crippen molar-refractivity contribution in [1.82, 2.24) is 14.8 Å². The lowest BCUT2D eigenvalue weighted by atomic mass is 10.1. The summed E-state index contributed by atoms with van der Waals surface area (Å²) >= 11 is 0. The molecule has 2 aromatic carbocycles. The van der Waals surface area contributed by atoms with Gasteiger partial charge in [-0.25, -0.2) is 9.18 Å². The zero-order valence-corrected chi connectivity index (χ0v) is 15.2. The second kappa shape index (κ2) is 7.15. The van der Waals surface area contributed by atoms with Gasteiger partial charge in [0.25, 0.3) is 5.91 Å². The molecule has 1 N–H and O–H groups in total. The number of carbonyl (C=O) groups excluding carboxylic acids is 2. The fraction of sp³-hybridized carbons (Fsp3) is 0.0909. The van der Waals surface area contributed by atoms with E-state index >= 15 is 0 Å². The Labute approximate surface area is 161 Å². The average molecular weight is 375 g/mol. The van der Waals surface area contributed by atoms with E-state index in [9.17, 15) is 14.0 Å². The summed E-state index contributed by atoms with van der Waals surface area (Å²) in [6, 6.07) is 16.9. The largest absolute Gasteiger partial charge is 0.329 e. The molecular formula is C22H18FN3O2. The highest BCUT2D eigenvalue weighted by atomic mass is 19.1. The Morgan fingerprint density at radius 2 is 1.82 bits per heavy atom. The van der Waals surface area contributed by atoms with Gasteiger partial charge in [0.15, 0.2) is 0 Å². The van der Waals surface area contributed by atoms with Crippen LogP contribution in [0.2, 0.25) is 0 Å². The predicted molar refractivity (Wildman–Crippen MR) is 104 cm³/mol. The zero-order chi connectivity index (χ0) is 19.7. The Bertz CT molecular complexity index is 1080. The Balaban J connectivity index is 1.60.